The summed E-state index contributed by atoms with van der Waals surface area (Å²) < 4.78 is 0.858. The van der Waals surface area contributed by atoms with Gasteiger partial charge in [-0.3, -0.25) is 4.79 Å². The van der Waals surface area contributed by atoms with Gasteiger partial charge < -0.3 is 5.32 Å². The van der Waals surface area contributed by atoms with E-state index in [1.165, 1.54) is 11.3 Å². The summed E-state index contributed by atoms with van der Waals surface area (Å²) in [5.41, 5.74) is 0. The number of hydrogen-bond acceptors (Lipinski definition) is 2. The Morgan fingerprint density at radius 3 is 2.92 bits per heavy atom. The topological polar surface area (TPSA) is 29.1 Å². The zero-order valence-electron chi connectivity index (χ0n) is 7.01. The van der Waals surface area contributed by atoms with Crippen LogP contribution in [0.25, 0.3) is 0 Å². The molecule has 1 unspecified atom stereocenters. The summed E-state index contributed by atoms with van der Waals surface area (Å²) >= 11 is 8.05. The third-order valence-corrected chi connectivity index (χ3v) is 4.24. The average Bonchev–Trinajstić information content (AvgIpc) is 2.51. The molecule has 5 heteroatoms. The van der Waals surface area contributed by atoms with Gasteiger partial charge in [0.25, 0.3) is 5.91 Å². The molecule has 1 aromatic heterocycles. The molecule has 0 radical (unpaired) electrons. The molecule has 0 aliphatic rings. The van der Waals surface area contributed by atoms with Crippen molar-refractivity contribution in [1.82, 2.24) is 5.32 Å². The molecule has 1 atom stereocenters. The number of alkyl halides is 1. The molecular weight excluding hydrogens is 318 g/mol. The van der Waals surface area contributed by atoms with Crippen LogP contribution in [0.2, 0.25) is 0 Å². The highest BCUT2D eigenvalue weighted by molar-refractivity contribution is 9.10. The highest BCUT2D eigenvalue weighted by atomic mass is 79.9. The van der Waals surface area contributed by atoms with E-state index < -0.39 is 0 Å². The normalized spacial score (nSPS) is 12.5. The fraction of sp³-hybridized carbons (Fsp3) is 0.375. The first-order valence-corrected chi connectivity index (χ1v) is 6.54. The van der Waals surface area contributed by atoms with Gasteiger partial charge in [0, 0.05) is 15.8 Å². The van der Waals surface area contributed by atoms with Crippen molar-refractivity contribution in [3.8, 4) is 0 Å². The van der Waals surface area contributed by atoms with Gasteiger partial charge in [-0.1, -0.05) is 15.9 Å². The minimum Gasteiger partial charge on any atom is -0.348 e. The molecule has 0 fully saturated rings. The summed E-state index contributed by atoms with van der Waals surface area (Å²) in [6.45, 7) is 1.95. The molecule has 1 aromatic rings. The van der Waals surface area contributed by atoms with Crippen LogP contribution in [0.5, 0.6) is 0 Å². The van der Waals surface area contributed by atoms with Gasteiger partial charge in [-0.15, -0.1) is 11.3 Å². The molecule has 72 valence electrons. The maximum absolute atomic E-state index is 11.5. The second-order valence-corrected chi connectivity index (χ2v) is 5.04. The van der Waals surface area contributed by atoms with Crippen molar-refractivity contribution in [3.63, 3.8) is 0 Å². The summed E-state index contributed by atoms with van der Waals surface area (Å²) in [4.78, 5) is 12.3. The lowest BCUT2D eigenvalue weighted by atomic mass is 10.3. The molecule has 1 N–H and O–H groups in total. The Morgan fingerprint density at radius 2 is 2.46 bits per heavy atom. The van der Waals surface area contributed by atoms with Crippen LogP contribution >= 0.6 is 43.2 Å². The molecule has 0 saturated carbocycles. The standard InChI is InChI=1S/C8H9Br2NOS/c1-5(4-9)11-8(12)7-6(10)2-3-13-7/h2-3,5H,4H2,1H3,(H,11,12). The molecule has 0 saturated heterocycles. The van der Waals surface area contributed by atoms with Crippen LogP contribution in [0.1, 0.15) is 16.6 Å². The predicted molar refractivity (Wildman–Crippen MR) is 62.7 cm³/mol. The number of thiophene rings is 1. The predicted octanol–water partition coefficient (Wildman–Crippen LogP) is 3.02. The van der Waals surface area contributed by atoms with Crippen molar-refractivity contribution in [3.05, 3.63) is 20.8 Å². The van der Waals surface area contributed by atoms with Gasteiger partial charge in [0.2, 0.25) is 0 Å². The van der Waals surface area contributed by atoms with E-state index in [0.29, 0.717) is 0 Å². The van der Waals surface area contributed by atoms with Gasteiger partial charge >= 0.3 is 0 Å². The number of hydrogen-bond donors (Lipinski definition) is 1. The van der Waals surface area contributed by atoms with Gasteiger partial charge in [0.05, 0.1) is 0 Å². The van der Waals surface area contributed by atoms with Crippen molar-refractivity contribution >= 4 is 49.1 Å². The summed E-state index contributed by atoms with van der Waals surface area (Å²) in [5, 5.41) is 5.52. The first-order valence-electron chi connectivity index (χ1n) is 3.75. The lowest BCUT2D eigenvalue weighted by Gasteiger charge is -2.09. The molecule has 0 aliphatic carbocycles. The van der Waals surface area contributed by atoms with Crippen molar-refractivity contribution in [2.45, 2.75) is 13.0 Å². The molecule has 1 rings (SSSR count). The van der Waals surface area contributed by atoms with Gasteiger partial charge in [-0.25, -0.2) is 0 Å². The second kappa shape index (κ2) is 5.12. The molecule has 0 aliphatic heterocycles. The summed E-state index contributed by atoms with van der Waals surface area (Å²) in [6, 6.07) is 2.03. The second-order valence-electron chi connectivity index (χ2n) is 2.63. The lowest BCUT2D eigenvalue weighted by Crippen LogP contribution is -2.33. The number of rotatable bonds is 3. The Labute approximate surface area is 98.0 Å². The molecule has 2 nitrogen and oxygen atoms in total. The zero-order chi connectivity index (χ0) is 9.84. The van der Waals surface area contributed by atoms with E-state index in [9.17, 15) is 4.79 Å². The Balaban J connectivity index is 2.64. The van der Waals surface area contributed by atoms with Crippen LogP contribution < -0.4 is 5.32 Å². The van der Waals surface area contributed by atoms with Gasteiger partial charge in [0.15, 0.2) is 0 Å². The van der Waals surface area contributed by atoms with Gasteiger partial charge in [-0.2, -0.15) is 0 Å². The monoisotopic (exact) mass is 325 g/mol. The molecule has 0 bridgehead atoms. The number of nitrogens with one attached hydrogen (secondary N) is 1. The maximum Gasteiger partial charge on any atom is 0.262 e. The minimum absolute atomic E-state index is 0.0196. The molecular formula is C8H9Br2NOS. The van der Waals surface area contributed by atoms with Crippen LogP contribution in [-0.2, 0) is 0 Å². The first kappa shape index (κ1) is 11.2. The van der Waals surface area contributed by atoms with E-state index >= 15 is 0 Å². The highest BCUT2D eigenvalue weighted by Crippen LogP contribution is 2.22. The fourth-order valence-corrected chi connectivity index (χ4v) is 2.40. The van der Waals surface area contributed by atoms with Crippen LogP contribution in [0, 0.1) is 0 Å². The van der Waals surface area contributed by atoms with Crippen molar-refractivity contribution in [2.24, 2.45) is 0 Å². The Hall–Kier alpha value is 0.130. The highest BCUT2D eigenvalue weighted by Gasteiger charge is 2.12. The van der Waals surface area contributed by atoms with Crippen molar-refractivity contribution in [2.75, 3.05) is 5.33 Å². The Kier molecular flexibility index (Phi) is 4.41. The Bertz CT molecular complexity index is 300. The van der Waals surface area contributed by atoms with Crippen molar-refractivity contribution in [1.29, 1.82) is 0 Å². The average molecular weight is 327 g/mol. The molecule has 0 spiro atoms. The molecule has 1 heterocycles. The largest absolute Gasteiger partial charge is 0.348 e. The Morgan fingerprint density at radius 1 is 1.77 bits per heavy atom. The fourth-order valence-electron chi connectivity index (χ4n) is 0.784. The quantitative estimate of drug-likeness (QED) is 0.850. The lowest BCUT2D eigenvalue weighted by molar-refractivity contribution is 0.0947. The third-order valence-electron chi connectivity index (χ3n) is 1.43. The number of carbonyl (C=O) groups excluding carboxylic acids is 1. The van der Waals surface area contributed by atoms with E-state index in [0.717, 1.165) is 14.7 Å². The third kappa shape index (κ3) is 3.07. The SMILES string of the molecule is CC(CBr)NC(=O)c1sccc1Br. The van der Waals surface area contributed by atoms with E-state index in [4.69, 9.17) is 0 Å². The van der Waals surface area contributed by atoms with Crippen LogP contribution in [0.4, 0.5) is 0 Å². The van der Waals surface area contributed by atoms with Crippen LogP contribution in [0.15, 0.2) is 15.9 Å². The van der Waals surface area contributed by atoms with E-state index in [-0.39, 0.29) is 11.9 Å². The first-order chi connectivity index (χ1) is 6.15. The smallest absolute Gasteiger partial charge is 0.262 e. The van der Waals surface area contributed by atoms with E-state index in [2.05, 4.69) is 37.2 Å². The van der Waals surface area contributed by atoms with E-state index in [1.807, 2.05) is 18.4 Å². The van der Waals surface area contributed by atoms with Crippen molar-refractivity contribution < 1.29 is 4.79 Å². The minimum atomic E-state index is -0.0196. The zero-order valence-corrected chi connectivity index (χ0v) is 11.0. The summed E-state index contributed by atoms with van der Waals surface area (Å²) in [7, 11) is 0. The van der Waals surface area contributed by atoms with Gasteiger partial charge in [-0.05, 0) is 34.3 Å². The number of amides is 1. The molecule has 0 aromatic carbocycles. The van der Waals surface area contributed by atoms with Crippen LogP contribution in [0.3, 0.4) is 0 Å². The van der Waals surface area contributed by atoms with Crippen LogP contribution in [-0.4, -0.2) is 17.3 Å². The summed E-state index contributed by atoms with van der Waals surface area (Å²) in [5.74, 6) is -0.0196. The summed E-state index contributed by atoms with van der Waals surface area (Å²) in [6.07, 6.45) is 0. The number of halogens is 2. The van der Waals surface area contributed by atoms with E-state index in [1.54, 1.807) is 0 Å². The maximum atomic E-state index is 11.5. The van der Waals surface area contributed by atoms with Gasteiger partial charge in [0.1, 0.15) is 4.88 Å². The molecule has 13 heavy (non-hydrogen) atoms. The molecule has 1 amide bonds. The number of carbonyl (C=O) groups is 1.